The Labute approximate surface area is 58.1 Å². The maximum Gasteiger partial charge on any atom is 0.0980 e. The van der Waals surface area contributed by atoms with E-state index in [-0.39, 0.29) is 0 Å². The molecule has 0 aromatic heterocycles. The van der Waals surface area contributed by atoms with Crippen molar-refractivity contribution in [2.24, 2.45) is 5.92 Å². The zero-order valence-electron chi connectivity index (χ0n) is 6.90. The van der Waals surface area contributed by atoms with Crippen LogP contribution in [-0.4, -0.2) is 5.60 Å². The van der Waals surface area contributed by atoms with Crippen LogP contribution in [0.4, 0.5) is 0 Å². The normalized spacial score (nSPS) is 12.7. The Morgan fingerprint density at radius 2 is 1.78 bits per heavy atom. The monoisotopic (exact) mass is 129 g/mol. The number of rotatable bonds is 3. The molecule has 0 aromatic rings. The SMILES string of the molecule is CC(C)CCC(C)(C)[O]. The van der Waals surface area contributed by atoms with Gasteiger partial charge in [0.1, 0.15) is 0 Å². The van der Waals surface area contributed by atoms with Gasteiger partial charge in [0.05, 0.1) is 5.60 Å². The molecule has 1 nitrogen and oxygen atoms in total. The van der Waals surface area contributed by atoms with Gasteiger partial charge in [0, 0.05) is 0 Å². The smallest absolute Gasteiger partial charge is 0.0980 e. The van der Waals surface area contributed by atoms with E-state index < -0.39 is 5.60 Å². The van der Waals surface area contributed by atoms with E-state index in [9.17, 15) is 5.11 Å². The third-order valence-corrected chi connectivity index (χ3v) is 1.32. The Bertz CT molecular complexity index is 69.1. The Kier molecular flexibility index (Phi) is 3.20. The number of hydrogen-bond acceptors (Lipinski definition) is 0. The van der Waals surface area contributed by atoms with E-state index in [1.807, 2.05) is 0 Å². The van der Waals surface area contributed by atoms with E-state index in [0.29, 0.717) is 5.92 Å². The molecule has 0 aliphatic carbocycles. The second-order valence-electron chi connectivity index (χ2n) is 3.69. The van der Waals surface area contributed by atoms with Crippen LogP contribution < -0.4 is 0 Å². The quantitative estimate of drug-likeness (QED) is 0.558. The van der Waals surface area contributed by atoms with Gasteiger partial charge >= 0.3 is 0 Å². The van der Waals surface area contributed by atoms with E-state index in [2.05, 4.69) is 13.8 Å². The van der Waals surface area contributed by atoms with Gasteiger partial charge in [-0.05, 0) is 32.6 Å². The third kappa shape index (κ3) is 7.96. The highest BCUT2D eigenvalue weighted by molar-refractivity contribution is 4.64. The largest absolute Gasteiger partial charge is 0.230 e. The lowest BCUT2D eigenvalue weighted by Crippen LogP contribution is -2.16. The minimum absolute atomic E-state index is 0.665. The van der Waals surface area contributed by atoms with Gasteiger partial charge in [-0.25, -0.2) is 5.11 Å². The molecule has 0 saturated carbocycles. The van der Waals surface area contributed by atoms with Crippen molar-refractivity contribution < 1.29 is 5.11 Å². The molecular formula is C8H17O. The first-order valence-corrected chi connectivity index (χ1v) is 3.62. The zero-order chi connectivity index (χ0) is 7.49. The van der Waals surface area contributed by atoms with Crippen LogP contribution in [0, 0.1) is 5.92 Å². The lowest BCUT2D eigenvalue weighted by atomic mass is 9.97. The van der Waals surface area contributed by atoms with E-state index in [1.54, 1.807) is 13.8 Å². The molecule has 0 rings (SSSR count). The molecule has 1 radical (unpaired) electrons. The van der Waals surface area contributed by atoms with Gasteiger partial charge in [-0.2, -0.15) is 0 Å². The molecule has 0 heterocycles. The van der Waals surface area contributed by atoms with Crippen LogP contribution in [0.15, 0.2) is 0 Å². The second kappa shape index (κ2) is 3.21. The Balaban J connectivity index is 3.28. The van der Waals surface area contributed by atoms with E-state index in [1.165, 1.54) is 0 Å². The van der Waals surface area contributed by atoms with Crippen LogP contribution in [-0.2, 0) is 5.11 Å². The maximum absolute atomic E-state index is 11.0. The van der Waals surface area contributed by atoms with Gasteiger partial charge < -0.3 is 0 Å². The van der Waals surface area contributed by atoms with Gasteiger partial charge in [-0.15, -0.1) is 0 Å². The van der Waals surface area contributed by atoms with Crippen molar-refractivity contribution in [3.8, 4) is 0 Å². The van der Waals surface area contributed by atoms with Crippen molar-refractivity contribution in [2.75, 3.05) is 0 Å². The summed E-state index contributed by atoms with van der Waals surface area (Å²) in [5, 5.41) is 11.0. The summed E-state index contributed by atoms with van der Waals surface area (Å²) >= 11 is 0. The van der Waals surface area contributed by atoms with Crippen LogP contribution in [0.5, 0.6) is 0 Å². The third-order valence-electron chi connectivity index (χ3n) is 1.32. The van der Waals surface area contributed by atoms with Crippen molar-refractivity contribution in [3.63, 3.8) is 0 Å². The molecule has 0 N–H and O–H groups in total. The molecule has 0 atom stereocenters. The van der Waals surface area contributed by atoms with Crippen molar-refractivity contribution in [1.29, 1.82) is 0 Å². The summed E-state index contributed by atoms with van der Waals surface area (Å²) in [6, 6.07) is 0. The van der Waals surface area contributed by atoms with Crippen molar-refractivity contribution in [3.05, 3.63) is 0 Å². The molecule has 0 aliphatic heterocycles. The molecular weight excluding hydrogens is 112 g/mol. The van der Waals surface area contributed by atoms with E-state index in [0.717, 1.165) is 12.8 Å². The highest BCUT2D eigenvalue weighted by Gasteiger charge is 2.14. The minimum atomic E-state index is -0.718. The van der Waals surface area contributed by atoms with Crippen LogP contribution in [0.1, 0.15) is 40.5 Å². The number of hydrogen-bond donors (Lipinski definition) is 0. The predicted molar refractivity (Wildman–Crippen MR) is 38.8 cm³/mol. The minimum Gasteiger partial charge on any atom is -0.230 e. The van der Waals surface area contributed by atoms with E-state index in [4.69, 9.17) is 0 Å². The molecule has 0 aromatic carbocycles. The van der Waals surface area contributed by atoms with Crippen LogP contribution in [0.3, 0.4) is 0 Å². The van der Waals surface area contributed by atoms with Crippen molar-refractivity contribution in [2.45, 2.75) is 46.1 Å². The summed E-state index contributed by atoms with van der Waals surface area (Å²) in [5.41, 5.74) is -0.718. The second-order valence-corrected chi connectivity index (χ2v) is 3.69. The Morgan fingerprint density at radius 1 is 1.33 bits per heavy atom. The molecule has 0 amide bonds. The standard InChI is InChI=1S/C8H17O/c1-7(2)5-6-8(3,4)9/h7H,5-6H2,1-4H3. The van der Waals surface area contributed by atoms with Crippen LogP contribution in [0.2, 0.25) is 0 Å². The molecule has 1 heteroatoms. The van der Waals surface area contributed by atoms with Crippen molar-refractivity contribution >= 4 is 0 Å². The summed E-state index contributed by atoms with van der Waals surface area (Å²) in [5.74, 6) is 0.665. The first-order chi connectivity index (χ1) is 3.92. The Hall–Kier alpha value is -0.0400. The maximum atomic E-state index is 11.0. The summed E-state index contributed by atoms with van der Waals surface area (Å²) in [6.45, 7) is 7.78. The molecule has 9 heavy (non-hydrogen) atoms. The van der Waals surface area contributed by atoms with Crippen molar-refractivity contribution in [1.82, 2.24) is 0 Å². The van der Waals surface area contributed by atoms with E-state index >= 15 is 0 Å². The molecule has 0 fully saturated rings. The zero-order valence-corrected chi connectivity index (χ0v) is 6.90. The highest BCUT2D eigenvalue weighted by Crippen LogP contribution is 2.15. The molecule has 55 valence electrons. The first kappa shape index (κ1) is 8.96. The summed E-state index contributed by atoms with van der Waals surface area (Å²) in [4.78, 5) is 0. The average molecular weight is 129 g/mol. The van der Waals surface area contributed by atoms with Crippen LogP contribution in [0.25, 0.3) is 0 Å². The molecule has 0 aliphatic rings. The summed E-state index contributed by atoms with van der Waals surface area (Å²) in [6.07, 6.45) is 1.85. The first-order valence-electron chi connectivity index (χ1n) is 3.62. The van der Waals surface area contributed by atoms with Gasteiger partial charge in [-0.1, -0.05) is 13.8 Å². The molecule has 0 saturated heterocycles. The van der Waals surface area contributed by atoms with Gasteiger partial charge in [0.2, 0.25) is 0 Å². The van der Waals surface area contributed by atoms with Gasteiger partial charge in [0.25, 0.3) is 0 Å². The molecule has 0 spiro atoms. The van der Waals surface area contributed by atoms with Gasteiger partial charge in [0.15, 0.2) is 0 Å². The average Bonchev–Trinajstić information content (AvgIpc) is 1.59. The van der Waals surface area contributed by atoms with Crippen LogP contribution >= 0.6 is 0 Å². The summed E-state index contributed by atoms with van der Waals surface area (Å²) < 4.78 is 0. The van der Waals surface area contributed by atoms with Gasteiger partial charge in [-0.3, -0.25) is 0 Å². The fraction of sp³-hybridized carbons (Fsp3) is 1.00. The molecule has 0 bridgehead atoms. The molecule has 0 unspecified atom stereocenters. The fourth-order valence-electron chi connectivity index (χ4n) is 0.636. The highest BCUT2D eigenvalue weighted by atomic mass is 16.3. The Morgan fingerprint density at radius 3 is 1.89 bits per heavy atom. The lowest BCUT2D eigenvalue weighted by molar-refractivity contribution is -0.00710. The fourth-order valence-corrected chi connectivity index (χ4v) is 0.636. The summed E-state index contributed by atoms with van der Waals surface area (Å²) in [7, 11) is 0. The predicted octanol–water partition coefficient (Wildman–Crippen LogP) is 2.63. The lowest BCUT2D eigenvalue weighted by Gasteiger charge is -2.14. The topological polar surface area (TPSA) is 19.9 Å².